The van der Waals surface area contributed by atoms with Crippen LogP contribution in [0.1, 0.15) is 35.1 Å². The van der Waals surface area contributed by atoms with Crippen molar-refractivity contribution < 1.29 is 14.3 Å². The number of carbonyl (C=O) groups excluding carboxylic acids is 1. The SMILES string of the molecule is COc1ccc(CN2CCN(C(=O)Cc3ccc4c(c3)CCCC4)CC2)cc1OC.Cl. The molecule has 1 amide bonds. The van der Waals surface area contributed by atoms with E-state index in [0.717, 1.165) is 56.2 Å². The third-order valence-corrected chi connectivity index (χ3v) is 6.35. The van der Waals surface area contributed by atoms with Crippen molar-refractivity contribution in [2.75, 3.05) is 40.4 Å². The summed E-state index contributed by atoms with van der Waals surface area (Å²) in [6, 6.07) is 12.7. The lowest BCUT2D eigenvalue weighted by Crippen LogP contribution is -2.48. The summed E-state index contributed by atoms with van der Waals surface area (Å²) in [6.45, 7) is 4.22. The predicted molar refractivity (Wildman–Crippen MR) is 125 cm³/mol. The van der Waals surface area contributed by atoms with Crippen molar-refractivity contribution in [3.05, 3.63) is 58.7 Å². The first-order valence-corrected chi connectivity index (χ1v) is 11.0. The Hall–Kier alpha value is -2.24. The van der Waals surface area contributed by atoms with Crippen molar-refractivity contribution in [3.8, 4) is 11.5 Å². The van der Waals surface area contributed by atoms with E-state index in [4.69, 9.17) is 9.47 Å². The Bertz CT molecular complexity index is 894. The Morgan fingerprint density at radius 2 is 1.52 bits per heavy atom. The van der Waals surface area contributed by atoms with Gasteiger partial charge in [0.25, 0.3) is 0 Å². The van der Waals surface area contributed by atoms with Crippen LogP contribution in [-0.2, 0) is 30.6 Å². The molecule has 5 nitrogen and oxygen atoms in total. The lowest BCUT2D eigenvalue weighted by atomic mass is 9.90. The topological polar surface area (TPSA) is 42.0 Å². The number of aryl methyl sites for hydroxylation is 2. The normalized spacial score (nSPS) is 16.3. The van der Waals surface area contributed by atoms with E-state index in [0.29, 0.717) is 6.42 Å². The van der Waals surface area contributed by atoms with Crippen LogP contribution in [-0.4, -0.2) is 56.1 Å². The van der Waals surface area contributed by atoms with Gasteiger partial charge in [0.1, 0.15) is 0 Å². The monoisotopic (exact) mass is 444 g/mol. The third-order valence-electron chi connectivity index (χ3n) is 6.35. The van der Waals surface area contributed by atoms with Gasteiger partial charge in [-0.1, -0.05) is 24.3 Å². The molecule has 0 unspecified atom stereocenters. The number of fused-ring (bicyclic) bond motifs is 1. The fourth-order valence-corrected chi connectivity index (χ4v) is 4.58. The fraction of sp³-hybridized carbons (Fsp3) is 0.480. The van der Waals surface area contributed by atoms with E-state index in [-0.39, 0.29) is 18.3 Å². The summed E-state index contributed by atoms with van der Waals surface area (Å²) in [5, 5.41) is 0. The molecule has 2 aromatic carbocycles. The van der Waals surface area contributed by atoms with Crippen molar-refractivity contribution in [2.24, 2.45) is 0 Å². The minimum atomic E-state index is 0. The quantitative estimate of drug-likeness (QED) is 0.677. The highest BCUT2D eigenvalue weighted by molar-refractivity contribution is 5.85. The molecule has 31 heavy (non-hydrogen) atoms. The largest absolute Gasteiger partial charge is 0.493 e. The Labute approximate surface area is 191 Å². The van der Waals surface area contributed by atoms with Crippen LogP contribution >= 0.6 is 12.4 Å². The van der Waals surface area contributed by atoms with Gasteiger partial charge in [0, 0.05) is 32.7 Å². The number of hydrogen-bond acceptors (Lipinski definition) is 4. The zero-order valence-corrected chi connectivity index (χ0v) is 19.4. The molecule has 0 saturated carbocycles. The first kappa shape index (κ1) is 23.4. The van der Waals surface area contributed by atoms with Gasteiger partial charge in [-0.15, -0.1) is 12.4 Å². The van der Waals surface area contributed by atoms with E-state index < -0.39 is 0 Å². The highest BCUT2D eigenvalue weighted by Gasteiger charge is 2.22. The van der Waals surface area contributed by atoms with Gasteiger partial charge >= 0.3 is 0 Å². The summed E-state index contributed by atoms with van der Waals surface area (Å²) in [7, 11) is 3.31. The molecule has 0 bridgehead atoms. The lowest BCUT2D eigenvalue weighted by molar-refractivity contribution is -0.132. The number of nitrogens with zero attached hydrogens (tertiary/aromatic N) is 2. The number of benzene rings is 2. The molecule has 1 aliphatic heterocycles. The second-order valence-electron chi connectivity index (χ2n) is 8.33. The van der Waals surface area contributed by atoms with Gasteiger partial charge in [-0.25, -0.2) is 0 Å². The van der Waals surface area contributed by atoms with E-state index in [2.05, 4.69) is 29.2 Å². The van der Waals surface area contributed by atoms with Gasteiger partial charge in [0.2, 0.25) is 5.91 Å². The molecular weight excluding hydrogens is 412 g/mol. The first-order chi connectivity index (χ1) is 14.7. The van der Waals surface area contributed by atoms with Crippen LogP contribution in [0.25, 0.3) is 0 Å². The Kier molecular flexibility index (Phi) is 8.22. The van der Waals surface area contributed by atoms with Crippen molar-refractivity contribution in [1.29, 1.82) is 0 Å². The molecule has 0 spiro atoms. The third kappa shape index (κ3) is 5.72. The fourth-order valence-electron chi connectivity index (χ4n) is 4.58. The summed E-state index contributed by atoms with van der Waals surface area (Å²) in [6.07, 6.45) is 5.42. The average Bonchev–Trinajstić information content (AvgIpc) is 2.79. The maximum absolute atomic E-state index is 12.8. The maximum atomic E-state index is 12.8. The van der Waals surface area contributed by atoms with Crippen LogP contribution in [0.4, 0.5) is 0 Å². The van der Waals surface area contributed by atoms with Gasteiger partial charge in [0.15, 0.2) is 11.5 Å². The molecule has 1 aliphatic carbocycles. The second-order valence-corrected chi connectivity index (χ2v) is 8.33. The van der Waals surface area contributed by atoms with Crippen LogP contribution in [0.15, 0.2) is 36.4 Å². The predicted octanol–water partition coefficient (Wildman–Crippen LogP) is 3.89. The van der Waals surface area contributed by atoms with Gasteiger partial charge in [-0.05, 0) is 60.1 Å². The highest BCUT2D eigenvalue weighted by atomic mass is 35.5. The number of hydrogen-bond donors (Lipinski definition) is 0. The van der Waals surface area contributed by atoms with Crippen LogP contribution in [0.3, 0.4) is 0 Å². The molecule has 6 heteroatoms. The zero-order chi connectivity index (χ0) is 20.9. The minimum Gasteiger partial charge on any atom is -0.493 e. The maximum Gasteiger partial charge on any atom is 0.227 e. The van der Waals surface area contributed by atoms with Crippen LogP contribution in [0.2, 0.25) is 0 Å². The van der Waals surface area contributed by atoms with Crippen molar-refractivity contribution in [2.45, 2.75) is 38.6 Å². The number of halogens is 1. The summed E-state index contributed by atoms with van der Waals surface area (Å²) in [4.78, 5) is 17.2. The lowest BCUT2D eigenvalue weighted by Gasteiger charge is -2.35. The smallest absolute Gasteiger partial charge is 0.227 e. The number of ether oxygens (including phenoxy) is 2. The first-order valence-electron chi connectivity index (χ1n) is 11.0. The molecule has 0 atom stereocenters. The molecule has 0 aromatic heterocycles. The molecule has 0 N–H and O–H groups in total. The van der Waals surface area contributed by atoms with E-state index in [1.165, 1.54) is 36.0 Å². The molecule has 2 aliphatic rings. The van der Waals surface area contributed by atoms with E-state index >= 15 is 0 Å². The van der Waals surface area contributed by atoms with Crippen LogP contribution in [0, 0.1) is 0 Å². The number of piperazine rings is 1. The zero-order valence-electron chi connectivity index (χ0n) is 18.6. The molecular formula is C25H33ClN2O3. The van der Waals surface area contributed by atoms with Gasteiger partial charge in [-0.3, -0.25) is 9.69 Å². The van der Waals surface area contributed by atoms with Crippen molar-refractivity contribution >= 4 is 18.3 Å². The van der Waals surface area contributed by atoms with E-state index in [9.17, 15) is 4.79 Å². The Morgan fingerprint density at radius 1 is 0.839 bits per heavy atom. The molecule has 4 rings (SSSR count). The Balaban J connectivity index is 0.00000272. The van der Waals surface area contributed by atoms with E-state index in [1.54, 1.807) is 14.2 Å². The summed E-state index contributed by atoms with van der Waals surface area (Å²) in [5.74, 6) is 1.75. The van der Waals surface area contributed by atoms with Gasteiger partial charge in [0.05, 0.1) is 20.6 Å². The van der Waals surface area contributed by atoms with Crippen molar-refractivity contribution in [1.82, 2.24) is 9.80 Å². The molecule has 168 valence electrons. The van der Waals surface area contributed by atoms with Crippen LogP contribution in [0.5, 0.6) is 11.5 Å². The molecule has 1 heterocycles. The molecule has 2 aromatic rings. The van der Waals surface area contributed by atoms with E-state index in [1.807, 2.05) is 17.0 Å². The average molecular weight is 445 g/mol. The number of carbonyl (C=O) groups is 1. The number of methoxy groups -OCH3 is 2. The molecule has 1 saturated heterocycles. The number of rotatable bonds is 6. The van der Waals surface area contributed by atoms with Gasteiger partial charge < -0.3 is 14.4 Å². The standard InChI is InChI=1S/C25H32N2O3.ClH/c1-29-23-10-8-20(16-24(23)30-2)18-26-11-13-27(14-12-26)25(28)17-19-7-9-21-5-3-4-6-22(21)15-19;/h7-10,15-16H,3-6,11-14,17-18H2,1-2H3;1H. The molecule has 0 radical (unpaired) electrons. The second kappa shape index (κ2) is 10.9. The minimum absolute atomic E-state index is 0. The Morgan fingerprint density at radius 3 is 2.23 bits per heavy atom. The van der Waals surface area contributed by atoms with Gasteiger partial charge in [-0.2, -0.15) is 0 Å². The summed E-state index contributed by atoms with van der Waals surface area (Å²) in [5.41, 5.74) is 5.28. The van der Waals surface area contributed by atoms with Crippen molar-refractivity contribution in [3.63, 3.8) is 0 Å². The van der Waals surface area contributed by atoms with Crippen LogP contribution < -0.4 is 9.47 Å². The summed E-state index contributed by atoms with van der Waals surface area (Å²) >= 11 is 0. The molecule has 1 fully saturated rings. The number of amides is 1. The summed E-state index contributed by atoms with van der Waals surface area (Å²) < 4.78 is 10.7. The highest BCUT2D eigenvalue weighted by Crippen LogP contribution is 2.28.